The van der Waals surface area contributed by atoms with Gasteiger partial charge in [-0.15, -0.1) is 11.3 Å². The molecule has 0 radical (unpaired) electrons. The Kier molecular flexibility index (Phi) is 2.62. The molecule has 72 valence electrons. The molecule has 1 unspecified atom stereocenters. The maximum atomic E-state index is 6.02. The molecule has 1 aliphatic carbocycles. The van der Waals surface area contributed by atoms with Gasteiger partial charge in [0, 0.05) is 12.5 Å². The fourth-order valence-electron chi connectivity index (χ4n) is 1.35. The molecule has 1 atom stereocenters. The summed E-state index contributed by atoms with van der Waals surface area (Å²) in [6, 6.07) is 0.163. The summed E-state index contributed by atoms with van der Waals surface area (Å²) in [4.78, 5) is 4.43. The summed E-state index contributed by atoms with van der Waals surface area (Å²) in [7, 11) is 1.68. The van der Waals surface area contributed by atoms with Crippen molar-refractivity contribution in [3.05, 3.63) is 16.1 Å². The van der Waals surface area contributed by atoms with Crippen LogP contribution in [0.25, 0.3) is 0 Å². The third-order valence-corrected chi connectivity index (χ3v) is 3.27. The van der Waals surface area contributed by atoms with Crippen molar-refractivity contribution in [2.45, 2.75) is 25.5 Å². The molecule has 0 spiro atoms. The van der Waals surface area contributed by atoms with E-state index in [1.165, 1.54) is 12.8 Å². The monoisotopic (exact) mass is 198 g/mol. The normalized spacial score (nSPS) is 18.9. The predicted octanol–water partition coefficient (Wildman–Crippen LogP) is 1.70. The molecule has 0 bridgehead atoms. The van der Waals surface area contributed by atoms with Crippen molar-refractivity contribution in [1.82, 2.24) is 4.98 Å². The number of methoxy groups -OCH3 is 1. The molecule has 0 amide bonds. The van der Waals surface area contributed by atoms with E-state index in [9.17, 15) is 0 Å². The molecule has 0 aliphatic heterocycles. The maximum Gasteiger partial charge on any atom is 0.110 e. The van der Waals surface area contributed by atoms with Crippen molar-refractivity contribution < 1.29 is 4.74 Å². The standard InChI is InChI=1S/C9H14N2OS/c1-12-4-7-5-13-9(11-7)8(10)6-2-3-6/h5-6,8H,2-4,10H2,1H3. The highest BCUT2D eigenvalue weighted by Crippen LogP contribution is 2.40. The number of nitrogens with two attached hydrogens (primary N) is 1. The molecule has 4 heteroatoms. The first-order chi connectivity index (χ1) is 6.31. The van der Waals surface area contributed by atoms with E-state index in [1.54, 1.807) is 18.4 Å². The van der Waals surface area contributed by atoms with Crippen molar-refractivity contribution in [1.29, 1.82) is 0 Å². The molecule has 1 fully saturated rings. The molecule has 3 nitrogen and oxygen atoms in total. The van der Waals surface area contributed by atoms with Crippen LogP contribution in [0.5, 0.6) is 0 Å². The number of thiazole rings is 1. The highest BCUT2D eigenvalue weighted by Gasteiger charge is 2.31. The van der Waals surface area contributed by atoms with Gasteiger partial charge in [0.1, 0.15) is 5.01 Å². The summed E-state index contributed by atoms with van der Waals surface area (Å²) in [5.74, 6) is 0.682. The Hall–Kier alpha value is -0.450. The van der Waals surface area contributed by atoms with E-state index in [0.29, 0.717) is 12.5 Å². The topological polar surface area (TPSA) is 48.1 Å². The lowest BCUT2D eigenvalue weighted by Gasteiger charge is -2.04. The van der Waals surface area contributed by atoms with Gasteiger partial charge in [0.2, 0.25) is 0 Å². The molecule has 13 heavy (non-hydrogen) atoms. The molecule has 1 aliphatic rings. The zero-order valence-electron chi connectivity index (χ0n) is 7.69. The van der Waals surface area contributed by atoms with Crippen molar-refractivity contribution in [2.24, 2.45) is 11.7 Å². The van der Waals surface area contributed by atoms with E-state index in [2.05, 4.69) is 4.98 Å². The van der Waals surface area contributed by atoms with Crippen LogP contribution in [-0.4, -0.2) is 12.1 Å². The minimum absolute atomic E-state index is 0.163. The number of aromatic nitrogens is 1. The molecule has 0 aromatic carbocycles. The Balaban J connectivity index is 2.03. The molecule has 2 N–H and O–H groups in total. The molecule has 1 saturated carbocycles. The highest BCUT2D eigenvalue weighted by atomic mass is 32.1. The Bertz CT molecular complexity index is 283. The van der Waals surface area contributed by atoms with Gasteiger partial charge in [0.05, 0.1) is 18.3 Å². The summed E-state index contributed by atoms with van der Waals surface area (Å²) in [5.41, 5.74) is 7.02. The van der Waals surface area contributed by atoms with Gasteiger partial charge in [0.15, 0.2) is 0 Å². The first kappa shape index (κ1) is 9.12. The minimum atomic E-state index is 0.163. The highest BCUT2D eigenvalue weighted by molar-refractivity contribution is 7.09. The number of rotatable bonds is 4. The van der Waals surface area contributed by atoms with Crippen LogP contribution >= 0.6 is 11.3 Å². The number of nitrogens with zero attached hydrogens (tertiary/aromatic N) is 1. The van der Waals surface area contributed by atoms with E-state index < -0.39 is 0 Å². The number of hydrogen-bond acceptors (Lipinski definition) is 4. The minimum Gasteiger partial charge on any atom is -0.378 e. The third-order valence-electron chi connectivity index (χ3n) is 2.28. The first-order valence-electron chi connectivity index (χ1n) is 4.50. The molecule has 1 aromatic heterocycles. The van der Waals surface area contributed by atoms with Crippen LogP contribution in [0.15, 0.2) is 5.38 Å². The van der Waals surface area contributed by atoms with Gasteiger partial charge in [-0.2, -0.15) is 0 Å². The summed E-state index contributed by atoms with van der Waals surface area (Å²) in [6.45, 7) is 0.591. The van der Waals surface area contributed by atoms with Crippen molar-refractivity contribution in [3.8, 4) is 0 Å². The molecule has 2 rings (SSSR count). The third kappa shape index (κ3) is 2.07. The summed E-state index contributed by atoms with van der Waals surface area (Å²) in [6.07, 6.45) is 2.53. The van der Waals surface area contributed by atoms with Crippen LogP contribution in [0.1, 0.15) is 29.6 Å². The zero-order valence-corrected chi connectivity index (χ0v) is 8.51. The number of ether oxygens (including phenoxy) is 1. The Morgan fingerprint density at radius 1 is 1.77 bits per heavy atom. The lowest BCUT2D eigenvalue weighted by Crippen LogP contribution is -2.12. The van der Waals surface area contributed by atoms with Crippen molar-refractivity contribution >= 4 is 11.3 Å². The summed E-state index contributed by atoms with van der Waals surface area (Å²) in [5, 5.41) is 3.09. The first-order valence-corrected chi connectivity index (χ1v) is 5.38. The second kappa shape index (κ2) is 3.74. The van der Waals surface area contributed by atoms with E-state index in [-0.39, 0.29) is 6.04 Å². The lowest BCUT2D eigenvalue weighted by molar-refractivity contribution is 0.182. The fraction of sp³-hybridized carbons (Fsp3) is 0.667. The van der Waals surface area contributed by atoms with Gasteiger partial charge in [-0.1, -0.05) is 0 Å². The Morgan fingerprint density at radius 2 is 2.54 bits per heavy atom. The van der Waals surface area contributed by atoms with Gasteiger partial charge >= 0.3 is 0 Å². The van der Waals surface area contributed by atoms with Crippen molar-refractivity contribution in [2.75, 3.05) is 7.11 Å². The molecule has 0 saturated heterocycles. The van der Waals surface area contributed by atoms with Crippen LogP contribution in [0, 0.1) is 5.92 Å². The van der Waals surface area contributed by atoms with Gasteiger partial charge in [0.25, 0.3) is 0 Å². The smallest absolute Gasteiger partial charge is 0.110 e. The van der Waals surface area contributed by atoms with Gasteiger partial charge in [-0.3, -0.25) is 0 Å². The average Bonchev–Trinajstić information content (AvgIpc) is 2.87. The quantitative estimate of drug-likeness (QED) is 0.801. The van der Waals surface area contributed by atoms with Gasteiger partial charge < -0.3 is 10.5 Å². The van der Waals surface area contributed by atoms with Crippen LogP contribution < -0.4 is 5.73 Å². The second-order valence-corrected chi connectivity index (χ2v) is 4.36. The fourth-order valence-corrected chi connectivity index (χ4v) is 2.24. The lowest BCUT2D eigenvalue weighted by atomic mass is 10.2. The van der Waals surface area contributed by atoms with Crippen LogP contribution in [-0.2, 0) is 11.3 Å². The van der Waals surface area contributed by atoms with E-state index in [1.807, 2.05) is 5.38 Å². The Morgan fingerprint density at radius 3 is 3.15 bits per heavy atom. The van der Waals surface area contributed by atoms with Crippen LogP contribution in [0.4, 0.5) is 0 Å². The zero-order chi connectivity index (χ0) is 9.26. The largest absolute Gasteiger partial charge is 0.378 e. The Labute approximate surface area is 81.9 Å². The summed E-state index contributed by atoms with van der Waals surface area (Å²) >= 11 is 1.65. The maximum absolute atomic E-state index is 6.02. The van der Waals surface area contributed by atoms with E-state index in [4.69, 9.17) is 10.5 Å². The van der Waals surface area contributed by atoms with Crippen LogP contribution in [0.2, 0.25) is 0 Å². The van der Waals surface area contributed by atoms with Gasteiger partial charge in [-0.25, -0.2) is 4.98 Å². The second-order valence-electron chi connectivity index (χ2n) is 3.47. The summed E-state index contributed by atoms with van der Waals surface area (Å²) < 4.78 is 5.00. The van der Waals surface area contributed by atoms with Gasteiger partial charge in [-0.05, 0) is 18.8 Å². The molecular weight excluding hydrogens is 184 g/mol. The van der Waals surface area contributed by atoms with Crippen molar-refractivity contribution in [3.63, 3.8) is 0 Å². The molecular formula is C9H14N2OS. The molecule has 1 heterocycles. The average molecular weight is 198 g/mol. The van der Waals surface area contributed by atoms with Crippen LogP contribution in [0.3, 0.4) is 0 Å². The molecule has 1 aromatic rings. The van der Waals surface area contributed by atoms with E-state index in [0.717, 1.165) is 10.7 Å². The predicted molar refractivity (Wildman–Crippen MR) is 52.5 cm³/mol. The van der Waals surface area contributed by atoms with E-state index >= 15 is 0 Å². The number of hydrogen-bond donors (Lipinski definition) is 1. The SMILES string of the molecule is COCc1csc(C(N)C2CC2)n1.